The molecule has 0 aliphatic heterocycles. The maximum atomic E-state index is 11.5. The molecule has 2 aromatic carbocycles. The Bertz CT molecular complexity index is 747. The number of methoxy groups -OCH3 is 1. The zero-order valence-electron chi connectivity index (χ0n) is 12.2. The molecule has 0 saturated heterocycles. The standard InChI is InChI=1S/C17H16O5/c1-10-7-11(4-6-16(10)22-2)14(17(20)21)8-12-3-5-13(18)9-15(12)19/h3-9,18-19H,1-2H3,(H,20,21)/b14-8-. The third-order valence-electron chi connectivity index (χ3n) is 3.25. The highest BCUT2D eigenvalue weighted by molar-refractivity contribution is 6.20. The van der Waals surface area contributed by atoms with Gasteiger partial charge in [0.15, 0.2) is 0 Å². The molecule has 0 heterocycles. The average Bonchev–Trinajstić information content (AvgIpc) is 2.46. The SMILES string of the molecule is COc1ccc(/C(=C/c2ccc(O)cc2O)C(=O)O)cc1C. The lowest BCUT2D eigenvalue weighted by Gasteiger charge is -2.09. The number of rotatable bonds is 4. The number of hydrogen-bond donors (Lipinski definition) is 3. The number of aromatic hydroxyl groups is 2. The molecule has 0 aliphatic carbocycles. The molecule has 5 nitrogen and oxygen atoms in total. The minimum Gasteiger partial charge on any atom is -0.508 e. The van der Waals surface area contributed by atoms with Crippen LogP contribution in [0, 0.1) is 6.92 Å². The quantitative estimate of drug-likeness (QED) is 0.597. The molecule has 22 heavy (non-hydrogen) atoms. The van der Waals surface area contributed by atoms with Gasteiger partial charge in [0.05, 0.1) is 12.7 Å². The van der Waals surface area contributed by atoms with E-state index in [4.69, 9.17) is 4.74 Å². The Hall–Kier alpha value is -2.95. The molecule has 0 bridgehead atoms. The molecule has 2 aromatic rings. The first-order valence-corrected chi connectivity index (χ1v) is 6.54. The summed E-state index contributed by atoms with van der Waals surface area (Å²) >= 11 is 0. The number of hydrogen-bond acceptors (Lipinski definition) is 4. The molecule has 0 aliphatic rings. The highest BCUT2D eigenvalue weighted by Gasteiger charge is 2.13. The number of ether oxygens (including phenoxy) is 1. The predicted molar refractivity (Wildman–Crippen MR) is 83.0 cm³/mol. The second-order valence-electron chi connectivity index (χ2n) is 4.79. The van der Waals surface area contributed by atoms with Crippen molar-refractivity contribution in [3.05, 3.63) is 53.1 Å². The number of aryl methyl sites for hydroxylation is 1. The molecule has 0 radical (unpaired) electrons. The minimum atomic E-state index is -1.11. The third-order valence-corrected chi connectivity index (χ3v) is 3.25. The van der Waals surface area contributed by atoms with Crippen LogP contribution in [0.1, 0.15) is 16.7 Å². The van der Waals surface area contributed by atoms with Gasteiger partial charge in [-0.1, -0.05) is 6.07 Å². The van der Waals surface area contributed by atoms with Crippen molar-refractivity contribution in [2.75, 3.05) is 7.11 Å². The first kappa shape index (κ1) is 15.4. The Morgan fingerprint density at radius 2 is 1.86 bits per heavy atom. The first-order chi connectivity index (χ1) is 10.4. The van der Waals surface area contributed by atoms with Crippen LogP contribution in [0.3, 0.4) is 0 Å². The number of phenolic OH excluding ortho intramolecular Hbond substituents is 2. The van der Waals surface area contributed by atoms with E-state index < -0.39 is 5.97 Å². The molecule has 0 fully saturated rings. The van der Waals surface area contributed by atoms with E-state index in [1.165, 1.54) is 18.2 Å². The second kappa shape index (κ2) is 6.22. The van der Waals surface area contributed by atoms with Crippen molar-refractivity contribution in [3.8, 4) is 17.2 Å². The van der Waals surface area contributed by atoms with Crippen LogP contribution >= 0.6 is 0 Å². The fourth-order valence-corrected chi connectivity index (χ4v) is 2.12. The summed E-state index contributed by atoms with van der Waals surface area (Å²) in [7, 11) is 1.55. The molecule has 0 aromatic heterocycles. The van der Waals surface area contributed by atoms with Gasteiger partial charge in [-0.2, -0.15) is 0 Å². The number of carboxylic acid groups (broad SMARTS) is 1. The molecule has 0 atom stereocenters. The Morgan fingerprint density at radius 1 is 1.14 bits per heavy atom. The Morgan fingerprint density at radius 3 is 2.41 bits per heavy atom. The normalized spacial score (nSPS) is 11.3. The molecule has 5 heteroatoms. The summed E-state index contributed by atoms with van der Waals surface area (Å²) in [5.41, 5.74) is 1.65. The molecular weight excluding hydrogens is 284 g/mol. The molecule has 114 valence electrons. The fourth-order valence-electron chi connectivity index (χ4n) is 2.12. The average molecular weight is 300 g/mol. The molecular formula is C17H16O5. The van der Waals surface area contributed by atoms with Crippen LogP contribution in [0.25, 0.3) is 11.6 Å². The van der Waals surface area contributed by atoms with Gasteiger partial charge in [-0.15, -0.1) is 0 Å². The zero-order valence-corrected chi connectivity index (χ0v) is 12.2. The van der Waals surface area contributed by atoms with Gasteiger partial charge in [-0.25, -0.2) is 4.79 Å². The Balaban J connectivity index is 2.52. The van der Waals surface area contributed by atoms with E-state index >= 15 is 0 Å². The predicted octanol–water partition coefficient (Wildman–Crippen LogP) is 3.04. The third kappa shape index (κ3) is 3.20. The van der Waals surface area contributed by atoms with Crippen LogP contribution in [0.2, 0.25) is 0 Å². The summed E-state index contributed by atoms with van der Waals surface area (Å²) in [6, 6.07) is 9.02. The van der Waals surface area contributed by atoms with E-state index in [-0.39, 0.29) is 17.1 Å². The summed E-state index contributed by atoms with van der Waals surface area (Å²) in [5, 5.41) is 28.5. The summed E-state index contributed by atoms with van der Waals surface area (Å²) in [4.78, 5) is 11.5. The van der Waals surface area contributed by atoms with Crippen molar-refractivity contribution >= 4 is 17.6 Å². The maximum absolute atomic E-state index is 11.5. The minimum absolute atomic E-state index is 0.0340. The topological polar surface area (TPSA) is 87.0 Å². The highest BCUT2D eigenvalue weighted by Crippen LogP contribution is 2.29. The van der Waals surface area contributed by atoms with Gasteiger partial charge >= 0.3 is 5.97 Å². The lowest BCUT2D eigenvalue weighted by atomic mass is 10.00. The summed E-state index contributed by atoms with van der Waals surface area (Å²) in [5.74, 6) is -0.728. The van der Waals surface area contributed by atoms with Crippen molar-refractivity contribution in [3.63, 3.8) is 0 Å². The zero-order chi connectivity index (χ0) is 16.3. The second-order valence-corrected chi connectivity index (χ2v) is 4.79. The van der Waals surface area contributed by atoms with E-state index in [1.54, 1.807) is 25.3 Å². The van der Waals surface area contributed by atoms with E-state index in [0.717, 1.165) is 11.6 Å². The smallest absolute Gasteiger partial charge is 0.336 e. The van der Waals surface area contributed by atoms with Gasteiger partial charge in [0.2, 0.25) is 0 Å². The van der Waals surface area contributed by atoms with Crippen LogP contribution in [-0.4, -0.2) is 28.4 Å². The van der Waals surface area contributed by atoms with Gasteiger partial charge in [0, 0.05) is 11.6 Å². The van der Waals surface area contributed by atoms with Crippen molar-refractivity contribution in [2.45, 2.75) is 6.92 Å². The van der Waals surface area contributed by atoms with E-state index in [1.807, 2.05) is 6.92 Å². The van der Waals surface area contributed by atoms with E-state index in [2.05, 4.69) is 0 Å². The summed E-state index contributed by atoms with van der Waals surface area (Å²) < 4.78 is 5.16. The van der Waals surface area contributed by atoms with Crippen molar-refractivity contribution in [1.29, 1.82) is 0 Å². The van der Waals surface area contributed by atoms with Crippen molar-refractivity contribution in [2.24, 2.45) is 0 Å². The number of carboxylic acids is 1. The van der Waals surface area contributed by atoms with Gasteiger partial charge in [0.25, 0.3) is 0 Å². The van der Waals surface area contributed by atoms with Crippen LogP contribution in [0.15, 0.2) is 36.4 Å². The van der Waals surface area contributed by atoms with Gasteiger partial charge in [-0.3, -0.25) is 0 Å². The fraction of sp³-hybridized carbons (Fsp3) is 0.118. The number of phenols is 2. The van der Waals surface area contributed by atoms with Crippen LogP contribution in [-0.2, 0) is 4.79 Å². The highest BCUT2D eigenvalue weighted by atomic mass is 16.5. The van der Waals surface area contributed by atoms with Crippen LogP contribution in [0.5, 0.6) is 17.2 Å². The van der Waals surface area contributed by atoms with Gasteiger partial charge in [-0.05, 0) is 48.4 Å². The van der Waals surface area contributed by atoms with Gasteiger partial charge < -0.3 is 20.1 Å². The summed E-state index contributed by atoms with van der Waals surface area (Å²) in [6.07, 6.45) is 1.36. The molecule has 2 rings (SSSR count). The number of carbonyl (C=O) groups is 1. The molecule has 0 spiro atoms. The van der Waals surface area contributed by atoms with Crippen LogP contribution in [0.4, 0.5) is 0 Å². The largest absolute Gasteiger partial charge is 0.508 e. The van der Waals surface area contributed by atoms with Crippen LogP contribution < -0.4 is 4.74 Å². The molecule has 0 saturated carbocycles. The summed E-state index contributed by atoms with van der Waals surface area (Å²) in [6.45, 7) is 1.82. The lowest BCUT2D eigenvalue weighted by molar-refractivity contribution is -0.130. The van der Waals surface area contributed by atoms with E-state index in [9.17, 15) is 20.1 Å². The van der Waals surface area contributed by atoms with Crippen molar-refractivity contribution in [1.82, 2.24) is 0 Å². The lowest BCUT2D eigenvalue weighted by Crippen LogP contribution is -2.00. The number of benzene rings is 2. The molecule has 0 amide bonds. The monoisotopic (exact) mass is 300 g/mol. The Kier molecular flexibility index (Phi) is 4.36. The maximum Gasteiger partial charge on any atom is 0.336 e. The molecule has 3 N–H and O–H groups in total. The van der Waals surface area contributed by atoms with Crippen molar-refractivity contribution < 1.29 is 24.9 Å². The Labute approximate surface area is 127 Å². The van der Waals surface area contributed by atoms with Gasteiger partial charge in [0.1, 0.15) is 17.2 Å². The first-order valence-electron chi connectivity index (χ1n) is 6.54. The van der Waals surface area contributed by atoms with E-state index in [0.29, 0.717) is 16.9 Å². The molecule has 0 unspecified atom stereocenters. The number of aliphatic carboxylic acids is 1.